The van der Waals surface area contributed by atoms with Crippen molar-refractivity contribution >= 4 is 11.0 Å². The molecule has 0 atom stereocenters. The smallest absolute Gasteiger partial charge is 0.339 e. The minimum Gasteiger partial charge on any atom is -0.507 e. The molecule has 1 heterocycles. The van der Waals surface area contributed by atoms with E-state index in [1.165, 1.54) is 32.1 Å². The highest BCUT2D eigenvalue weighted by atomic mass is 16.4. The molecule has 1 aliphatic rings. The quantitative estimate of drug-likeness (QED) is 0.789. The lowest BCUT2D eigenvalue weighted by atomic mass is 9.66. The van der Waals surface area contributed by atoms with Crippen molar-refractivity contribution in [3.05, 3.63) is 39.7 Å². The van der Waals surface area contributed by atoms with Gasteiger partial charge in [0.25, 0.3) is 0 Å². The van der Waals surface area contributed by atoms with E-state index >= 15 is 0 Å². The fourth-order valence-corrected chi connectivity index (χ4v) is 4.03. The Morgan fingerprint density at radius 2 is 1.91 bits per heavy atom. The third kappa shape index (κ3) is 3.01. The van der Waals surface area contributed by atoms with Crippen LogP contribution in [0.15, 0.2) is 27.4 Å². The van der Waals surface area contributed by atoms with Crippen molar-refractivity contribution in [3.63, 3.8) is 0 Å². The van der Waals surface area contributed by atoms with Gasteiger partial charge in [-0.15, -0.1) is 0 Å². The minimum absolute atomic E-state index is 0.128. The van der Waals surface area contributed by atoms with E-state index in [0.29, 0.717) is 16.5 Å². The molecule has 1 aromatic carbocycles. The van der Waals surface area contributed by atoms with E-state index in [-0.39, 0.29) is 16.8 Å². The third-order valence-electron chi connectivity index (χ3n) is 5.44. The molecular formula is C20H26O3. The van der Waals surface area contributed by atoms with Crippen LogP contribution < -0.4 is 5.63 Å². The lowest BCUT2D eigenvalue weighted by Gasteiger charge is -2.38. The Hall–Kier alpha value is -1.77. The van der Waals surface area contributed by atoms with Crippen molar-refractivity contribution < 1.29 is 9.52 Å². The molecule has 0 saturated heterocycles. The first kappa shape index (κ1) is 16.1. The number of aromatic hydroxyl groups is 1. The monoisotopic (exact) mass is 314 g/mol. The van der Waals surface area contributed by atoms with Crippen LogP contribution in [0.5, 0.6) is 5.75 Å². The lowest BCUT2D eigenvalue weighted by Crippen LogP contribution is -2.29. The third-order valence-corrected chi connectivity index (χ3v) is 5.44. The number of hydrogen-bond acceptors (Lipinski definition) is 3. The minimum atomic E-state index is -0.319. The predicted octanol–water partition coefficient (Wildman–Crippen LogP) is 5.20. The molecule has 1 fully saturated rings. The zero-order chi connectivity index (χ0) is 16.4. The fourth-order valence-electron chi connectivity index (χ4n) is 4.03. The Kier molecular flexibility index (Phi) is 4.47. The first-order valence-electron chi connectivity index (χ1n) is 8.84. The zero-order valence-electron chi connectivity index (χ0n) is 14.2. The number of rotatable bonds is 4. The van der Waals surface area contributed by atoms with Crippen LogP contribution >= 0.6 is 0 Å². The summed E-state index contributed by atoms with van der Waals surface area (Å²) in [7, 11) is 0. The van der Waals surface area contributed by atoms with Crippen LogP contribution in [0.1, 0.15) is 69.4 Å². The van der Waals surface area contributed by atoms with Gasteiger partial charge in [-0.25, -0.2) is 4.79 Å². The van der Waals surface area contributed by atoms with Gasteiger partial charge in [-0.2, -0.15) is 0 Å². The van der Waals surface area contributed by atoms with E-state index < -0.39 is 0 Å². The Morgan fingerprint density at radius 3 is 2.61 bits per heavy atom. The first-order chi connectivity index (χ1) is 11.1. The van der Waals surface area contributed by atoms with Gasteiger partial charge >= 0.3 is 5.63 Å². The van der Waals surface area contributed by atoms with E-state index in [1.54, 1.807) is 13.0 Å². The van der Waals surface area contributed by atoms with Gasteiger partial charge in [-0.05, 0) is 55.4 Å². The second kappa shape index (κ2) is 6.38. The van der Waals surface area contributed by atoms with Crippen molar-refractivity contribution in [1.29, 1.82) is 0 Å². The summed E-state index contributed by atoms with van der Waals surface area (Å²) < 4.78 is 5.44. The Labute approximate surface area is 137 Å². The van der Waals surface area contributed by atoms with Crippen molar-refractivity contribution in [1.82, 2.24) is 0 Å². The van der Waals surface area contributed by atoms with E-state index in [0.717, 1.165) is 24.8 Å². The second-order valence-electron chi connectivity index (χ2n) is 7.07. The molecule has 1 N–H and O–H groups in total. The summed E-state index contributed by atoms with van der Waals surface area (Å²) in [6, 6.07) is 5.62. The van der Waals surface area contributed by atoms with Crippen LogP contribution in [0.25, 0.3) is 11.0 Å². The van der Waals surface area contributed by atoms with Gasteiger partial charge in [-0.1, -0.05) is 39.0 Å². The highest BCUT2D eigenvalue weighted by Crippen LogP contribution is 2.45. The Bertz CT molecular complexity index is 751. The van der Waals surface area contributed by atoms with E-state index in [4.69, 9.17) is 4.42 Å². The van der Waals surface area contributed by atoms with Crippen LogP contribution in [0, 0.1) is 6.92 Å². The van der Waals surface area contributed by atoms with E-state index in [2.05, 4.69) is 6.92 Å². The van der Waals surface area contributed by atoms with Crippen molar-refractivity contribution in [2.45, 2.75) is 70.6 Å². The van der Waals surface area contributed by atoms with Crippen LogP contribution in [0.3, 0.4) is 0 Å². The standard InChI is InChI=1S/C20H26O3/c1-3-4-8-20(9-6-5-7-10-20)15-12-17(21)16-11-14(2)19(22)23-18(16)13-15/h11-13,21H,3-10H2,1-2H3. The molecule has 23 heavy (non-hydrogen) atoms. The summed E-state index contributed by atoms with van der Waals surface area (Å²) in [5.41, 5.74) is 1.99. The van der Waals surface area contributed by atoms with Gasteiger partial charge < -0.3 is 9.52 Å². The molecule has 0 amide bonds. The van der Waals surface area contributed by atoms with Crippen molar-refractivity contribution in [2.24, 2.45) is 0 Å². The number of benzene rings is 1. The van der Waals surface area contributed by atoms with Gasteiger partial charge in [0.05, 0.1) is 5.39 Å². The average molecular weight is 314 g/mol. The molecule has 1 aromatic heterocycles. The van der Waals surface area contributed by atoms with Gasteiger partial charge in [0, 0.05) is 5.56 Å². The lowest BCUT2D eigenvalue weighted by molar-refractivity contribution is 0.267. The first-order valence-corrected chi connectivity index (χ1v) is 8.84. The predicted molar refractivity (Wildman–Crippen MR) is 93.2 cm³/mol. The maximum absolute atomic E-state index is 11.8. The van der Waals surface area contributed by atoms with E-state index in [1.807, 2.05) is 12.1 Å². The molecule has 0 radical (unpaired) electrons. The maximum atomic E-state index is 11.8. The summed E-state index contributed by atoms with van der Waals surface area (Å²) in [4.78, 5) is 11.8. The number of phenolic OH excluding ortho intramolecular Hbond substituents is 1. The summed E-state index contributed by atoms with van der Waals surface area (Å²) in [6.45, 7) is 3.93. The van der Waals surface area contributed by atoms with Crippen molar-refractivity contribution in [2.75, 3.05) is 0 Å². The number of hydrogen-bond donors (Lipinski definition) is 1. The second-order valence-corrected chi connectivity index (χ2v) is 7.07. The zero-order valence-corrected chi connectivity index (χ0v) is 14.2. The number of fused-ring (bicyclic) bond motifs is 1. The molecule has 3 nitrogen and oxygen atoms in total. The summed E-state index contributed by atoms with van der Waals surface area (Å²) in [6.07, 6.45) is 9.60. The largest absolute Gasteiger partial charge is 0.507 e. The van der Waals surface area contributed by atoms with E-state index in [9.17, 15) is 9.90 Å². The molecule has 1 saturated carbocycles. The van der Waals surface area contributed by atoms with Gasteiger partial charge in [0.2, 0.25) is 0 Å². The molecule has 0 bridgehead atoms. The molecule has 0 aliphatic heterocycles. The van der Waals surface area contributed by atoms with Crippen LogP contribution in [0.4, 0.5) is 0 Å². The number of aryl methyl sites for hydroxylation is 1. The van der Waals surface area contributed by atoms with Gasteiger partial charge in [-0.3, -0.25) is 0 Å². The fraction of sp³-hybridized carbons (Fsp3) is 0.550. The molecule has 0 unspecified atom stereocenters. The molecule has 1 aliphatic carbocycles. The summed E-state index contributed by atoms with van der Waals surface area (Å²) in [5, 5.41) is 11.1. The highest BCUT2D eigenvalue weighted by Gasteiger charge is 2.34. The highest BCUT2D eigenvalue weighted by molar-refractivity contribution is 5.84. The molecular weight excluding hydrogens is 288 g/mol. The summed E-state index contributed by atoms with van der Waals surface area (Å²) >= 11 is 0. The van der Waals surface area contributed by atoms with Crippen LogP contribution in [-0.2, 0) is 5.41 Å². The molecule has 0 spiro atoms. The van der Waals surface area contributed by atoms with Crippen LogP contribution in [-0.4, -0.2) is 5.11 Å². The maximum Gasteiger partial charge on any atom is 0.339 e. The molecule has 3 rings (SSSR count). The van der Waals surface area contributed by atoms with Crippen molar-refractivity contribution in [3.8, 4) is 5.75 Å². The SMILES string of the molecule is CCCCC1(c2cc(O)c3cc(C)c(=O)oc3c2)CCCCC1. The topological polar surface area (TPSA) is 50.4 Å². The number of unbranched alkanes of at least 4 members (excludes halogenated alkanes) is 1. The molecule has 124 valence electrons. The summed E-state index contributed by atoms with van der Waals surface area (Å²) in [5.74, 6) is 0.228. The Balaban J connectivity index is 2.12. The molecule has 2 aromatic rings. The molecule has 3 heteroatoms. The van der Waals surface area contributed by atoms with Gasteiger partial charge in [0.1, 0.15) is 11.3 Å². The normalized spacial score (nSPS) is 17.5. The Morgan fingerprint density at radius 1 is 1.17 bits per heavy atom. The number of phenols is 1. The van der Waals surface area contributed by atoms with Crippen LogP contribution in [0.2, 0.25) is 0 Å². The average Bonchev–Trinajstić information content (AvgIpc) is 2.55. The van der Waals surface area contributed by atoms with Gasteiger partial charge in [0.15, 0.2) is 0 Å².